The van der Waals surface area contributed by atoms with Crippen molar-refractivity contribution < 1.29 is 0 Å². The maximum absolute atomic E-state index is 9.67. The molecular formula is C33H44Cl3N7. The van der Waals surface area contributed by atoms with Gasteiger partial charge in [-0.1, -0.05) is 56.1 Å². The Hall–Kier alpha value is -2.21. The van der Waals surface area contributed by atoms with Crippen molar-refractivity contribution in [1.82, 2.24) is 30.0 Å². The lowest BCUT2D eigenvalue weighted by molar-refractivity contribution is 0.129. The summed E-state index contributed by atoms with van der Waals surface area (Å²) in [7, 11) is 0. The molecule has 43 heavy (non-hydrogen) atoms. The molecule has 2 fully saturated rings. The van der Waals surface area contributed by atoms with Crippen LogP contribution in [0.4, 0.5) is 0 Å². The van der Waals surface area contributed by atoms with E-state index in [1.807, 2.05) is 13.0 Å². The molecule has 1 N–H and O–H groups in total. The third-order valence-electron chi connectivity index (χ3n) is 9.40. The van der Waals surface area contributed by atoms with Crippen molar-refractivity contribution in [2.75, 3.05) is 13.1 Å². The average molecular weight is 645 g/mol. The number of likely N-dealkylation sites (tertiary alicyclic amines) is 1. The third kappa shape index (κ3) is 7.37. The highest BCUT2D eigenvalue weighted by Gasteiger charge is 2.34. The van der Waals surface area contributed by atoms with Crippen LogP contribution < -0.4 is 5.32 Å². The highest BCUT2D eigenvalue weighted by molar-refractivity contribution is 6.35. The Bertz CT molecular complexity index is 1460. The highest BCUT2D eigenvalue weighted by Crippen LogP contribution is 2.37. The first kappa shape index (κ1) is 33.7. The summed E-state index contributed by atoms with van der Waals surface area (Å²) in [5.41, 5.74) is 4.32. The molecule has 0 saturated carbocycles. The van der Waals surface area contributed by atoms with Gasteiger partial charge in [0.1, 0.15) is 11.6 Å². The summed E-state index contributed by atoms with van der Waals surface area (Å²) >= 11 is 12.6. The van der Waals surface area contributed by atoms with Gasteiger partial charge in [0.05, 0.1) is 17.9 Å². The fourth-order valence-electron chi connectivity index (χ4n) is 6.95. The molecule has 2 saturated heterocycles. The molecule has 6 rings (SSSR count). The standard InChI is InChI=1S/C27H30Cl2N6.C6H13N.ClH/c1-4-20-6-5-11-34(20)25-10-7-18(12-16(25)2)24-15-31-26-23(14-30)33-35(27(26)32-24)17(3)21-9-8-19(28)13-22(21)29;1-2-6-4-3-5-7-6;/h7-9,13,15-17,20,25H,4-6,10-12H2,1-3H3;6-7H,2-5H2,1H3;1H/t16?,17-,20-,25?;6-;/m11./s1. The maximum atomic E-state index is 9.67. The van der Waals surface area contributed by atoms with Gasteiger partial charge in [-0.05, 0) is 101 Å². The molecule has 4 heterocycles. The van der Waals surface area contributed by atoms with E-state index in [9.17, 15) is 5.26 Å². The first-order valence-corrected chi connectivity index (χ1v) is 16.4. The fraction of sp³-hybridized carbons (Fsp3) is 0.576. The second kappa shape index (κ2) is 15.2. The van der Waals surface area contributed by atoms with E-state index in [4.69, 9.17) is 28.2 Å². The Morgan fingerprint density at radius 1 is 1.16 bits per heavy atom. The number of hydrogen-bond donors (Lipinski definition) is 1. The number of hydrogen-bond acceptors (Lipinski definition) is 6. The van der Waals surface area contributed by atoms with Gasteiger partial charge in [-0.3, -0.25) is 4.90 Å². The van der Waals surface area contributed by atoms with Crippen molar-refractivity contribution in [3.63, 3.8) is 0 Å². The highest BCUT2D eigenvalue weighted by atomic mass is 35.5. The van der Waals surface area contributed by atoms with Crippen molar-refractivity contribution >= 4 is 52.3 Å². The van der Waals surface area contributed by atoms with Crippen LogP contribution >= 0.6 is 35.6 Å². The lowest BCUT2D eigenvalue weighted by atomic mass is 9.83. The predicted molar refractivity (Wildman–Crippen MR) is 179 cm³/mol. The van der Waals surface area contributed by atoms with Crippen LogP contribution in [0.15, 0.2) is 30.5 Å². The van der Waals surface area contributed by atoms with Gasteiger partial charge in [-0.25, -0.2) is 14.6 Å². The second-order valence-corrected chi connectivity index (χ2v) is 12.9. The average Bonchev–Trinajstić information content (AvgIpc) is 3.77. The molecule has 0 amide bonds. The normalized spacial score (nSPS) is 24.5. The van der Waals surface area contributed by atoms with Crippen LogP contribution in [0.1, 0.15) is 102 Å². The summed E-state index contributed by atoms with van der Waals surface area (Å²) in [6, 6.07) is 9.49. The molecule has 7 nitrogen and oxygen atoms in total. The van der Waals surface area contributed by atoms with Crippen molar-refractivity contribution in [2.45, 2.75) is 103 Å². The van der Waals surface area contributed by atoms with E-state index in [0.717, 1.165) is 30.1 Å². The summed E-state index contributed by atoms with van der Waals surface area (Å²) < 4.78 is 1.76. The second-order valence-electron chi connectivity index (χ2n) is 12.0. The minimum atomic E-state index is -0.237. The summed E-state index contributed by atoms with van der Waals surface area (Å²) in [5.74, 6) is 0.547. The molecule has 5 atom stereocenters. The van der Waals surface area contributed by atoms with E-state index in [1.165, 1.54) is 57.2 Å². The molecular weight excluding hydrogens is 601 g/mol. The van der Waals surface area contributed by atoms with Gasteiger partial charge in [0.15, 0.2) is 11.3 Å². The maximum Gasteiger partial charge on any atom is 0.190 e. The molecule has 0 bridgehead atoms. The number of allylic oxidation sites excluding steroid dienone is 1. The van der Waals surface area contributed by atoms with Crippen LogP contribution in [0.2, 0.25) is 10.0 Å². The van der Waals surface area contributed by atoms with Crippen LogP contribution in [0, 0.1) is 17.2 Å². The molecule has 1 aromatic carbocycles. The zero-order valence-electron chi connectivity index (χ0n) is 25.7. The zero-order valence-corrected chi connectivity index (χ0v) is 28.0. The lowest BCUT2D eigenvalue weighted by Crippen LogP contribution is -2.43. The fourth-order valence-corrected chi connectivity index (χ4v) is 7.52. The van der Waals surface area contributed by atoms with Crippen molar-refractivity contribution in [3.05, 3.63) is 57.5 Å². The van der Waals surface area contributed by atoms with E-state index >= 15 is 0 Å². The largest absolute Gasteiger partial charge is 0.314 e. The van der Waals surface area contributed by atoms with Gasteiger partial charge in [-0.15, -0.1) is 12.4 Å². The van der Waals surface area contributed by atoms with E-state index < -0.39 is 0 Å². The molecule has 3 aliphatic rings. The van der Waals surface area contributed by atoms with Gasteiger partial charge in [0, 0.05) is 28.2 Å². The Morgan fingerprint density at radius 2 is 1.98 bits per heavy atom. The summed E-state index contributed by atoms with van der Waals surface area (Å²) in [6.07, 6.45) is 14.1. The van der Waals surface area contributed by atoms with E-state index in [2.05, 4.69) is 53.2 Å². The monoisotopic (exact) mass is 643 g/mol. The van der Waals surface area contributed by atoms with E-state index in [-0.39, 0.29) is 24.1 Å². The van der Waals surface area contributed by atoms with Gasteiger partial charge in [-0.2, -0.15) is 10.4 Å². The van der Waals surface area contributed by atoms with E-state index in [0.29, 0.717) is 39.2 Å². The van der Waals surface area contributed by atoms with Crippen LogP contribution in [-0.2, 0) is 0 Å². The van der Waals surface area contributed by atoms with E-state index in [1.54, 1.807) is 23.0 Å². The Morgan fingerprint density at radius 3 is 2.60 bits per heavy atom. The number of halogens is 3. The SMILES string of the molecule is CC[C@@H]1CCCN1.CC[C@@H]1CCCN1C1CC=C(c2cnc3c(C#N)nn([C@H](C)c4ccc(Cl)cc4Cl)c3n2)CC1C.Cl. The number of fused-ring (bicyclic) bond motifs is 1. The molecule has 0 spiro atoms. The molecule has 2 aromatic heterocycles. The number of aromatic nitrogens is 4. The first-order valence-electron chi connectivity index (χ1n) is 15.6. The van der Waals surface area contributed by atoms with Gasteiger partial charge in [0.25, 0.3) is 0 Å². The number of rotatable bonds is 6. The molecule has 232 valence electrons. The number of nitrogens with zero attached hydrogens (tertiary/aromatic N) is 6. The van der Waals surface area contributed by atoms with Crippen molar-refractivity contribution in [3.8, 4) is 6.07 Å². The predicted octanol–water partition coefficient (Wildman–Crippen LogP) is 8.24. The molecule has 2 unspecified atom stereocenters. The van der Waals surface area contributed by atoms with Crippen LogP contribution in [0.5, 0.6) is 0 Å². The van der Waals surface area contributed by atoms with Crippen molar-refractivity contribution in [2.24, 2.45) is 5.92 Å². The Balaban J connectivity index is 0.000000466. The number of benzene rings is 1. The Kier molecular flexibility index (Phi) is 11.9. The summed E-state index contributed by atoms with van der Waals surface area (Å²) in [4.78, 5) is 12.4. The minimum Gasteiger partial charge on any atom is -0.314 e. The molecule has 0 radical (unpaired) electrons. The Labute approximate surface area is 272 Å². The number of nitrogens with one attached hydrogen (secondary N) is 1. The summed E-state index contributed by atoms with van der Waals surface area (Å²) in [5, 5.41) is 18.7. The minimum absolute atomic E-state index is 0. The lowest BCUT2D eigenvalue weighted by Gasteiger charge is -2.39. The number of nitriles is 1. The first-order chi connectivity index (χ1) is 20.3. The van der Waals surface area contributed by atoms with Gasteiger partial charge >= 0.3 is 0 Å². The molecule has 10 heteroatoms. The van der Waals surface area contributed by atoms with Gasteiger partial charge < -0.3 is 5.32 Å². The van der Waals surface area contributed by atoms with Crippen LogP contribution in [-0.4, -0.2) is 55.9 Å². The topological polar surface area (TPSA) is 82.7 Å². The van der Waals surface area contributed by atoms with Crippen LogP contribution in [0.3, 0.4) is 0 Å². The molecule has 1 aliphatic carbocycles. The smallest absolute Gasteiger partial charge is 0.190 e. The molecule has 2 aliphatic heterocycles. The van der Waals surface area contributed by atoms with Crippen molar-refractivity contribution in [1.29, 1.82) is 5.26 Å². The van der Waals surface area contributed by atoms with Crippen LogP contribution in [0.25, 0.3) is 16.7 Å². The van der Waals surface area contributed by atoms with Gasteiger partial charge in [0.2, 0.25) is 0 Å². The quantitative estimate of drug-likeness (QED) is 0.291. The zero-order chi connectivity index (χ0) is 29.8. The summed E-state index contributed by atoms with van der Waals surface area (Å²) in [6.45, 7) is 11.4. The molecule has 3 aromatic rings. The third-order valence-corrected chi connectivity index (χ3v) is 9.96.